The minimum Gasteiger partial charge on any atom is -1.00 e. The fraction of sp³-hybridized carbons (Fsp3) is 0.500. The zero-order valence-corrected chi connectivity index (χ0v) is 7.56. The van der Waals surface area contributed by atoms with Crippen LogP contribution >= 0.6 is 0 Å². The highest BCUT2D eigenvalue weighted by atomic mass is 35.5. The van der Waals surface area contributed by atoms with Crippen LogP contribution in [0.1, 0.15) is 0 Å². The van der Waals surface area contributed by atoms with Gasteiger partial charge in [-0.3, -0.25) is 0 Å². The summed E-state index contributed by atoms with van der Waals surface area (Å²) in [5, 5.41) is 0. The first-order valence-corrected chi connectivity index (χ1v) is 3.16. The zero-order chi connectivity index (χ0) is 7.33. The van der Waals surface area contributed by atoms with Crippen molar-refractivity contribution in [2.45, 2.75) is 0 Å². The molecule has 0 atom stereocenters. The first-order valence-electron chi connectivity index (χ1n) is 3.16. The quantitative estimate of drug-likeness (QED) is 0.254. The zero-order valence-electron chi connectivity index (χ0n) is 6.81. The van der Waals surface area contributed by atoms with Gasteiger partial charge in [-0.15, -0.1) is 0 Å². The van der Waals surface area contributed by atoms with Gasteiger partial charge in [0.05, 0.1) is 27.2 Å². The SMILES string of the molecule is C=CC[N+](C)(C)CC=C.[Cl-].[SiH4]. The van der Waals surface area contributed by atoms with E-state index < -0.39 is 0 Å². The van der Waals surface area contributed by atoms with Crippen LogP contribution in [0.4, 0.5) is 0 Å². The van der Waals surface area contributed by atoms with Crippen LogP contribution in [-0.4, -0.2) is 42.6 Å². The van der Waals surface area contributed by atoms with Crippen LogP contribution in [0.15, 0.2) is 25.3 Å². The lowest BCUT2D eigenvalue weighted by atomic mass is 10.4. The molecule has 11 heavy (non-hydrogen) atoms. The molecular formula is C8H20ClNSi. The molecule has 0 aliphatic carbocycles. The molecule has 0 radical (unpaired) electrons. The van der Waals surface area contributed by atoms with Crippen LogP contribution in [0.5, 0.6) is 0 Å². The van der Waals surface area contributed by atoms with Gasteiger partial charge in [0.1, 0.15) is 0 Å². The highest BCUT2D eigenvalue weighted by Gasteiger charge is 2.07. The smallest absolute Gasteiger partial charge is 0.0969 e. The molecule has 0 rings (SSSR count). The van der Waals surface area contributed by atoms with Crippen molar-refractivity contribution in [3.8, 4) is 0 Å². The second kappa shape index (κ2) is 8.05. The van der Waals surface area contributed by atoms with Crippen molar-refractivity contribution in [1.29, 1.82) is 0 Å². The fourth-order valence-electron chi connectivity index (χ4n) is 0.774. The second-order valence-corrected chi connectivity index (χ2v) is 2.88. The summed E-state index contributed by atoms with van der Waals surface area (Å²) < 4.78 is 0.951. The highest BCUT2D eigenvalue weighted by molar-refractivity contribution is 5.75. The molecule has 0 amide bonds. The van der Waals surface area contributed by atoms with Crippen molar-refractivity contribution in [2.24, 2.45) is 0 Å². The highest BCUT2D eigenvalue weighted by Crippen LogP contribution is 1.95. The molecule has 0 aromatic heterocycles. The summed E-state index contributed by atoms with van der Waals surface area (Å²) in [6.45, 7) is 9.37. The molecule has 0 aromatic carbocycles. The van der Waals surface area contributed by atoms with E-state index in [0.29, 0.717) is 0 Å². The van der Waals surface area contributed by atoms with Gasteiger partial charge in [-0.25, -0.2) is 0 Å². The van der Waals surface area contributed by atoms with E-state index in [2.05, 4.69) is 27.3 Å². The predicted molar refractivity (Wildman–Crippen MR) is 53.6 cm³/mol. The Balaban J connectivity index is -0.000000320. The van der Waals surface area contributed by atoms with Crippen LogP contribution in [-0.2, 0) is 0 Å². The van der Waals surface area contributed by atoms with Crippen molar-refractivity contribution in [3.63, 3.8) is 0 Å². The molecule has 0 aromatic rings. The summed E-state index contributed by atoms with van der Waals surface area (Å²) in [5.41, 5.74) is 0. The van der Waals surface area contributed by atoms with E-state index in [4.69, 9.17) is 0 Å². The van der Waals surface area contributed by atoms with Crippen molar-refractivity contribution in [1.82, 2.24) is 0 Å². The van der Waals surface area contributed by atoms with Crippen LogP contribution in [0.25, 0.3) is 0 Å². The summed E-state index contributed by atoms with van der Waals surface area (Å²) >= 11 is 0. The summed E-state index contributed by atoms with van der Waals surface area (Å²) in [6, 6.07) is 0. The van der Waals surface area contributed by atoms with E-state index in [0.717, 1.165) is 17.6 Å². The number of likely N-dealkylation sites (N-methyl/N-ethyl adjacent to an activating group) is 1. The van der Waals surface area contributed by atoms with Gasteiger partial charge in [0.2, 0.25) is 0 Å². The Labute approximate surface area is 80.8 Å². The van der Waals surface area contributed by atoms with Gasteiger partial charge in [-0.2, -0.15) is 0 Å². The molecular weight excluding hydrogens is 174 g/mol. The molecule has 0 fully saturated rings. The number of nitrogens with zero attached hydrogens (tertiary/aromatic N) is 1. The first kappa shape index (κ1) is 17.2. The predicted octanol–water partition coefficient (Wildman–Crippen LogP) is -3.01. The molecule has 3 heteroatoms. The van der Waals surface area contributed by atoms with Crippen molar-refractivity contribution in [2.75, 3.05) is 27.2 Å². The molecule has 0 saturated carbocycles. The van der Waals surface area contributed by atoms with Gasteiger partial charge in [-0.05, 0) is 23.1 Å². The lowest BCUT2D eigenvalue weighted by Gasteiger charge is -2.26. The third kappa shape index (κ3) is 9.95. The summed E-state index contributed by atoms with van der Waals surface area (Å²) in [6.07, 6.45) is 3.87. The van der Waals surface area contributed by atoms with Gasteiger partial charge in [0.15, 0.2) is 0 Å². The Bertz CT molecular complexity index is 101. The normalized spacial score (nSPS) is 8.91. The summed E-state index contributed by atoms with van der Waals surface area (Å²) in [5.74, 6) is 0. The third-order valence-electron chi connectivity index (χ3n) is 1.25. The first-order chi connectivity index (χ1) is 4.12. The molecule has 0 aliphatic heterocycles. The molecule has 0 aliphatic rings. The second-order valence-electron chi connectivity index (χ2n) is 2.88. The van der Waals surface area contributed by atoms with E-state index in [-0.39, 0.29) is 23.4 Å². The minimum atomic E-state index is 0. The van der Waals surface area contributed by atoms with Crippen molar-refractivity contribution < 1.29 is 16.9 Å². The Morgan fingerprint density at radius 3 is 1.55 bits per heavy atom. The van der Waals surface area contributed by atoms with E-state index in [9.17, 15) is 0 Å². The third-order valence-corrected chi connectivity index (χ3v) is 1.25. The maximum Gasteiger partial charge on any atom is 0.0969 e. The van der Waals surface area contributed by atoms with Crippen LogP contribution in [0, 0.1) is 0 Å². The van der Waals surface area contributed by atoms with E-state index >= 15 is 0 Å². The fourth-order valence-corrected chi connectivity index (χ4v) is 0.774. The number of halogens is 1. The molecule has 0 unspecified atom stereocenters. The van der Waals surface area contributed by atoms with E-state index in [1.165, 1.54) is 0 Å². The Kier molecular flexibility index (Phi) is 12.5. The molecule has 0 heterocycles. The van der Waals surface area contributed by atoms with Crippen molar-refractivity contribution in [3.05, 3.63) is 25.3 Å². The number of rotatable bonds is 4. The Hall–Kier alpha value is -0.0531. The number of hydrogen-bond donors (Lipinski definition) is 0. The average Bonchev–Trinajstić information content (AvgIpc) is 1.64. The van der Waals surface area contributed by atoms with Crippen LogP contribution < -0.4 is 12.4 Å². The average molecular weight is 194 g/mol. The molecule has 0 N–H and O–H groups in total. The molecule has 68 valence electrons. The maximum atomic E-state index is 3.68. The van der Waals surface area contributed by atoms with Gasteiger partial charge in [0, 0.05) is 0 Å². The molecule has 1 nitrogen and oxygen atoms in total. The molecule has 0 saturated heterocycles. The van der Waals surface area contributed by atoms with E-state index in [1.807, 2.05) is 12.2 Å². The summed E-state index contributed by atoms with van der Waals surface area (Å²) in [7, 11) is 4.31. The summed E-state index contributed by atoms with van der Waals surface area (Å²) in [4.78, 5) is 0. The van der Waals surface area contributed by atoms with Crippen LogP contribution in [0.3, 0.4) is 0 Å². The molecule has 0 spiro atoms. The van der Waals surface area contributed by atoms with Crippen LogP contribution in [0.2, 0.25) is 0 Å². The van der Waals surface area contributed by atoms with Crippen molar-refractivity contribution >= 4 is 11.0 Å². The number of hydrogen-bond acceptors (Lipinski definition) is 0. The lowest BCUT2D eigenvalue weighted by molar-refractivity contribution is -0.878. The standard InChI is InChI=1S/C8H16N.ClH.H4Si/c1-5-7-9(3,4)8-6-2;;/h5-6H,1-2,7-8H2,3-4H3;1H;1H4/q+1;;/p-1. The largest absolute Gasteiger partial charge is 1.00 e. The Morgan fingerprint density at radius 1 is 1.09 bits per heavy atom. The van der Waals surface area contributed by atoms with Gasteiger partial charge < -0.3 is 16.9 Å². The van der Waals surface area contributed by atoms with Gasteiger partial charge in [-0.1, -0.05) is 13.2 Å². The monoisotopic (exact) mass is 193 g/mol. The van der Waals surface area contributed by atoms with E-state index in [1.54, 1.807) is 0 Å². The van der Waals surface area contributed by atoms with Gasteiger partial charge in [0.25, 0.3) is 0 Å². The topological polar surface area (TPSA) is 0 Å². The lowest BCUT2D eigenvalue weighted by Crippen LogP contribution is -3.00. The minimum absolute atomic E-state index is 0. The molecule has 0 bridgehead atoms. The van der Waals surface area contributed by atoms with Gasteiger partial charge >= 0.3 is 0 Å². The Morgan fingerprint density at radius 2 is 1.36 bits per heavy atom. The maximum absolute atomic E-state index is 3.68. The number of quaternary nitrogens is 1.